The fraction of sp³-hybridized carbons (Fsp3) is 0.857. The van der Waals surface area contributed by atoms with Crippen molar-refractivity contribution in [3.63, 3.8) is 0 Å². The van der Waals surface area contributed by atoms with Gasteiger partial charge in [-0.15, -0.1) is 0 Å². The average Bonchev–Trinajstić information content (AvgIpc) is 2.86. The van der Waals surface area contributed by atoms with E-state index in [1.807, 2.05) is 0 Å². The molecule has 1 atom stereocenters. The molecule has 0 aliphatic heterocycles. The zero-order valence-electron chi connectivity index (χ0n) is 12.7. The monoisotopic (exact) mass is 285 g/mol. The number of hydrogen-bond donors (Lipinski definition) is 3. The molecule has 0 heterocycles. The maximum atomic E-state index is 11.7. The van der Waals surface area contributed by atoms with Gasteiger partial charge in [0.05, 0.1) is 5.92 Å². The fourth-order valence-corrected chi connectivity index (χ4v) is 2.65. The minimum Gasteiger partial charge on any atom is -0.481 e. The predicted molar refractivity (Wildman–Crippen MR) is 77.7 cm³/mol. The number of likely N-dealkylation sites (N-methyl/N-ethyl adjacent to an activating group) is 1. The Morgan fingerprint density at radius 2 is 1.85 bits per heavy atom. The molecule has 0 aromatic carbocycles. The van der Waals surface area contributed by atoms with Gasteiger partial charge in [0.15, 0.2) is 0 Å². The Kier molecular flexibility index (Phi) is 6.26. The second-order valence-electron chi connectivity index (χ2n) is 5.96. The van der Waals surface area contributed by atoms with Crippen molar-refractivity contribution < 1.29 is 14.7 Å². The van der Waals surface area contributed by atoms with Crippen molar-refractivity contribution in [1.29, 1.82) is 0 Å². The quantitative estimate of drug-likeness (QED) is 0.658. The lowest BCUT2D eigenvalue weighted by molar-refractivity contribution is -0.141. The first kappa shape index (κ1) is 16.8. The van der Waals surface area contributed by atoms with E-state index in [1.54, 1.807) is 6.92 Å². The third-order valence-corrected chi connectivity index (χ3v) is 4.35. The number of amides is 2. The van der Waals surface area contributed by atoms with Crippen LogP contribution in [-0.2, 0) is 4.79 Å². The highest BCUT2D eigenvalue weighted by Gasteiger charge is 2.36. The highest BCUT2D eigenvalue weighted by Crippen LogP contribution is 2.32. The van der Waals surface area contributed by atoms with E-state index in [4.69, 9.17) is 5.11 Å². The number of urea groups is 1. The van der Waals surface area contributed by atoms with Gasteiger partial charge in [-0.2, -0.15) is 0 Å². The number of hydrogen-bond acceptors (Lipinski definition) is 3. The minimum atomic E-state index is -0.829. The van der Waals surface area contributed by atoms with Crippen molar-refractivity contribution in [3.8, 4) is 0 Å². The van der Waals surface area contributed by atoms with Crippen molar-refractivity contribution >= 4 is 12.0 Å². The summed E-state index contributed by atoms with van der Waals surface area (Å²) in [7, 11) is 4.11. The molecule has 0 bridgehead atoms. The van der Waals surface area contributed by atoms with Crippen molar-refractivity contribution in [1.82, 2.24) is 15.5 Å². The summed E-state index contributed by atoms with van der Waals surface area (Å²) in [5, 5.41) is 14.4. The number of carbonyl (C=O) groups is 2. The Balaban J connectivity index is 2.27. The van der Waals surface area contributed by atoms with E-state index in [2.05, 4.69) is 29.6 Å². The highest BCUT2D eigenvalue weighted by molar-refractivity contribution is 5.74. The number of nitrogens with one attached hydrogen (secondary N) is 2. The summed E-state index contributed by atoms with van der Waals surface area (Å²) in [5.41, 5.74) is 0.0751. The Morgan fingerprint density at radius 1 is 1.25 bits per heavy atom. The molecule has 3 N–H and O–H groups in total. The average molecular weight is 285 g/mol. The second-order valence-corrected chi connectivity index (χ2v) is 5.96. The molecule has 20 heavy (non-hydrogen) atoms. The first-order valence-corrected chi connectivity index (χ1v) is 7.29. The maximum absolute atomic E-state index is 11.7. The summed E-state index contributed by atoms with van der Waals surface area (Å²) in [5.74, 6) is -1.26. The van der Waals surface area contributed by atoms with Crippen LogP contribution in [0.1, 0.15) is 39.0 Å². The molecule has 0 aromatic heterocycles. The summed E-state index contributed by atoms with van der Waals surface area (Å²) in [6.45, 7) is 2.66. The van der Waals surface area contributed by atoms with Crippen molar-refractivity contribution in [2.45, 2.75) is 44.6 Å². The van der Waals surface area contributed by atoms with Gasteiger partial charge in [-0.1, -0.05) is 19.8 Å². The molecule has 1 aliphatic carbocycles. The molecule has 0 spiro atoms. The molecule has 1 saturated carbocycles. The van der Waals surface area contributed by atoms with E-state index in [1.165, 1.54) is 12.8 Å². The van der Waals surface area contributed by atoms with Gasteiger partial charge in [0.2, 0.25) is 0 Å². The fourth-order valence-electron chi connectivity index (χ4n) is 2.65. The lowest BCUT2D eigenvalue weighted by Crippen LogP contribution is -2.52. The van der Waals surface area contributed by atoms with Gasteiger partial charge in [0, 0.05) is 18.6 Å². The highest BCUT2D eigenvalue weighted by atomic mass is 16.4. The van der Waals surface area contributed by atoms with Crippen LogP contribution in [0.4, 0.5) is 4.79 Å². The van der Waals surface area contributed by atoms with Crippen LogP contribution in [0.15, 0.2) is 0 Å². The molecule has 6 heteroatoms. The molecule has 2 amide bonds. The zero-order valence-corrected chi connectivity index (χ0v) is 12.7. The van der Waals surface area contributed by atoms with Crippen LogP contribution in [-0.4, -0.2) is 54.7 Å². The van der Waals surface area contributed by atoms with Gasteiger partial charge >= 0.3 is 12.0 Å². The number of carboxylic acid groups (broad SMARTS) is 1. The SMILES string of the molecule is CC(CCNC(=O)NCC1(N(C)C)CCCC1)C(=O)O. The number of carbonyl (C=O) groups excluding carboxylic acids is 1. The summed E-state index contributed by atoms with van der Waals surface area (Å²) < 4.78 is 0. The lowest BCUT2D eigenvalue weighted by atomic mass is 9.96. The largest absolute Gasteiger partial charge is 0.481 e. The van der Waals surface area contributed by atoms with Crippen LogP contribution in [0.3, 0.4) is 0 Å². The Morgan fingerprint density at radius 3 is 2.35 bits per heavy atom. The predicted octanol–water partition coefficient (Wildman–Crippen LogP) is 1.27. The molecule has 0 aromatic rings. The van der Waals surface area contributed by atoms with Crippen LogP contribution in [0, 0.1) is 5.92 Å². The first-order valence-electron chi connectivity index (χ1n) is 7.29. The molecule has 116 valence electrons. The first-order chi connectivity index (χ1) is 9.37. The molecule has 0 radical (unpaired) electrons. The molecule has 1 aliphatic rings. The van der Waals surface area contributed by atoms with E-state index in [9.17, 15) is 9.59 Å². The standard InChI is InChI=1S/C14H27N3O3/c1-11(12(18)19)6-9-15-13(20)16-10-14(17(2)3)7-4-5-8-14/h11H,4-10H2,1-3H3,(H,18,19)(H2,15,16,20). The summed E-state index contributed by atoms with van der Waals surface area (Å²) >= 11 is 0. The van der Waals surface area contributed by atoms with Crippen LogP contribution >= 0.6 is 0 Å². The molecule has 1 rings (SSSR count). The smallest absolute Gasteiger partial charge is 0.314 e. The third-order valence-electron chi connectivity index (χ3n) is 4.35. The van der Waals surface area contributed by atoms with E-state index < -0.39 is 11.9 Å². The number of aliphatic carboxylic acids is 1. The van der Waals surface area contributed by atoms with Gasteiger partial charge in [0.25, 0.3) is 0 Å². The maximum Gasteiger partial charge on any atom is 0.314 e. The normalized spacial score (nSPS) is 18.8. The topological polar surface area (TPSA) is 81.7 Å². The Labute approximate surface area is 120 Å². The summed E-state index contributed by atoms with van der Waals surface area (Å²) in [4.78, 5) is 24.6. The molecule has 1 unspecified atom stereocenters. The van der Waals surface area contributed by atoms with Gasteiger partial charge < -0.3 is 20.6 Å². The van der Waals surface area contributed by atoms with Crippen LogP contribution in [0.25, 0.3) is 0 Å². The lowest BCUT2D eigenvalue weighted by Gasteiger charge is -2.36. The van der Waals surface area contributed by atoms with Gasteiger partial charge in [0.1, 0.15) is 0 Å². The minimum absolute atomic E-state index is 0.0751. The van der Waals surface area contributed by atoms with Crippen LogP contribution in [0.2, 0.25) is 0 Å². The summed E-state index contributed by atoms with van der Waals surface area (Å²) in [6, 6.07) is -0.212. The molecule has 6 nitrogen and oxygen atoms in total. The van der Waals surface area contributed by atoms with E-state index >= 15 is 0 Å². The summed E-state index contributed by atoms with van der Waals surface area (Å²) in [6.07, 6.45) is 5.07. The van der Waals surface area contributed by atoms with Crippen molar-refractivity contribution in [2.24, 2.45) is 5.92 Å². The van der Waals surface area contributed by atoms with Crippen molar-refractivity contribution in [3.05, 3.63) is 0 Å². The molecule has 0 saturated heterocycles. The molecular weight excluding hydrogens is 258 g/mol. The Bertz CT molecular complexity index is 339. The van der Waals surface area contributed by atoms with Gasteiger partial charge in [-0.25, -0.2) is 4.79 Å². The van der Waals surface area contributed by atoms with E-state index in [-0.39, 0.29) is 11.6 Å². The van der Waals surface area contributed by atoms with E-state index in [0.717, 1.165) is 12.8 Å². The third kappa shape index (κ3) is 4.67. The molecule has 1 fully saturated rings. The van der Waals surface area contributed by atoms with E-state index in [0.29, 0.717) is 19.5 Å². The Hall–Kier alpha value is -1.30. The zero-order chi connectivity index (χ0) is 15.2. The second kappa shape index (κ2) is 7.47. The van der Waals surface area contributed by atoms with Crippen molar-refractivity contribution in [2.75, 3.05) is 27.2 Å². The molecular formula is C14H27N3O3. The van der Waals surface area contributed by atoms with Gasteiger partial charge in [-0.3, -0.25) is 4.79 Å². The van der Waals surface area contributed by atoms with Crippen LogP contribution < -0.4 is 10.6 Å². The van der Waals surface area contributed by atoms with Gasteiger partial charge in [-0.05, 0) is 33.4 Å². The number of nitrogens with zero attached hydrogens (tertiary/aromatic N) is 1. The number of carboxylic acids is 1. The number of rotatable bonds is 7. The van der Waals surface area contributed by atoms with Crippen LogP contribution in [0.5, 0.6) is 0 Å².